The normalized spacial score (nSPS) is 22.1. The van der Waals surface area contributed by atoms with Gasteiger partial charge in [0, 0.05) is 31.2 Å². The topological polar surface area (TPSA) is 52.0 Å². The lowest BCUT2D eigenvalue weighted by atomic mass is 9.82. The minimum atomic E-state index is 0.0772. The molecule has 1 aliphatic rings. The second-order valence-electron chi connectivity index (χ2n) is 6.04. The van der Waals surface area contributed by atoms with Gasteiger partial charge in [0.1, 0.15) is 11.3 Å². The number of rotatable bonds is 2. The maximum Gasteiger partial charge on any atom is 0.163 e. The van der Waals surface area contributed by atoms with Crippen molar-refractivity contribution >= 4 is 28.6 Å². The Balaban J connectivity index is 1.92. The van der Waals surface area contributed by atoms with Crippen molar-refractivity contribution < 1.29 is 4.74 Å². The highest BCUT2D eigenvalue weighted by Gasteiger charge is 2.33. The first kappa shape index (κ1) is 13.6. The number of nitrogens with one attached hydrogen (secondary N) is 1. The van der Waals surface area contributed by atoms with Gasteiger partial charge in [-0.15, -0.1) is 0 Å². The summed E-state index contributed by atoms with van der Waals surface area (Å²) < 4.78 is 7.43. The van der Waals surface area contributed by atoms with Crippen LogP contribution in [0.3, 0.4) is 0 Å². The first-order valence-corrected chi connectivity index (χ1v) is 7.17. The van der Waals surface area contributed by atoms with Crippen LogP contribution < -0.4 is 5.32 Å². The zero-order chi connectivity index (χ0) is 14.3. The third kappa shape index (κ3) is 2.36. The Morgan fingerprint density at radius 3 is 3.05 bits per heavy atom. The summed E-state index contributed by atoms with van der Waals surface area (Å²) in [6.07, 6.45) is 2.70. The van der Waals surface area contributed by atoms with Crippen LogP contribution in [0.25, 0.3) is 11.2 Å². The maximum atomic E-state index is 6.28. The summed E-state index contributed by atoms with van der Waals surface area (Å²) in [7, 11) is 1.92. The lowest BCUT2D eigenvalue weighted by Gasteiger charge is -2.39. The molecule has 6 heteroatoms. The highest BCUT2D eigenvalue weighted by molar-refractivity contribution is 6.35. The number of nitrogens with zero attached hydrogens (tertiary/aromatic N) is 3. The van der Waals surface area contributed by atoms with Crippen molar-refractivity contribution in [1.82, 2.24) is 14.5 Å². The first-order valence-electron chi connectivity index (χ1n) is 6.79. The van der Waals surface area contributed by atoms with Crippen molar-refractivity contribution in [2.24, 2.45) is 12.5 Å². The molecule has 5 nitrogen and oxygen atoms in total. The zero-order valence-electron chi connectivity index (χ0n) is 12.0. The van der Waals surface area contributed by atoms with Crippen LogP contribution in [0.4, 0.5) is 5.82 Å². The van der Waals surface area contributed by atoms with E-state index < -0.39 is 0 Å². The number of hydrogen-bond donors (Lipinski definition) is 1. The first-order chi connectivity index (χ1) is 9.47. The molecular formula is C14H19ClN4O. The van der Waals surface area contributed by atoms with Crippen LogP contribution in [-0.4, -0.2) is 33.8 Å². The zero-order valence-corrected chi connectivity index (χ0v) is 12.7. The molecule has 0 spiro atoms. The fourth-order valence-electron chi connectivity index (χ4n) is 2.61. The van der Waals surface area contributed by atoms with Crippen LogP contribution in [0.5, 0.6) is 0 Å². The molecule has 108 valence electrons. The molecule has 3 rings (SSSR count). The summed E-state index contributed by atoms with van der Waals surface area (Å²) in [6, 6.07) is 2.17. The molecule has 0 saturated carbocycles. The average Bonchev–Trinajstić information content (AvgIpc) is 2.75. The van der Waals surface area contributed by atoms with Gasteiger partial charge in [-0.3, -0.25) is 0 Å². The van der Waals surface area contributed by atoms with E-state index in [9.17, 15) is 0 Å². The lowest BCUT2D eigenvalue weighted by Crippen LogP contribution is -2.44. The molecule has 1 unspecified atom stereocenters. The Labute approximate surface area is 123 Å². The molecule has 0 bridgehead atoms. The van der Waals surface area contributed by atoms with Gasteiger partial charge in [0.15, 0.2) is 5.65 Å². The molecule has 0 radical (unpaired) electrons. The van der Waals surface area contributed by atoms with E-state index in [0.717, 1.165) is 36.6 Å². The van der Waals surface area contributed by atoms with Crippen molar-refractivity contribution in [1.29, 1.82) is 0 Å². The van der Waals surface area contributed by atoms with Crippen LogP contribution in [0, 0.1) is 5.41 Å². The molecule has 0 aromatic carbocycles. The smallest absolute Gasteiger partial charge is 0.163 e. The molecule has 0 amide bonds. The summed E-state index contributed by atoms with van der Waals surface area (Å²) in [6.45, 7) is 5.94. The molecule has 2 aromatic heterocycles. The van der Waals surface area contributed by atoms with Gasteiger partial charge < -0.3 is 14.6 Å². The monoisotopic (exact) mass is 294 g/mol. The second kappa shape index (κ2) is 4.90. The number of aromatic nitrogens is 3. The fourth-order valence-corrected chi connectivity index (χ4v) is 2.84. The highest BCUT2D eigenvalue weighted by atomic mass is 35.5. The minimum absolute atomic E-state index is 0.0772. The van der Waals surface area contributed by atoms with E-state index in [-0.39, 0.29) is 5.41 Å². The molecule has 0 aliphatic carbocycles. The van der Waals surface area contributed by atoms with Crippen molar-refractivity contribution in [3.63, 3.8) is 0 Å². The largest absolute Gasteiger partial charge is 0.381 e. The maximum absolute atomic E-state index is 6.28. The van der Waals surface area contributed by atoms with Crippen molar-refractivity contribution in [2.75, 3.05) is 18.5 Å². The number of aryl methyl sites for hydroxylation is 1. The Hall–Kier alpha value is -1.33. The summed E-state index contributed by atoms with van der Waals surface area (Å²) >= 11 is 6.28. The number of fused-ring (bicyclic) bond motifs is 1. The van der Waals surface area contributed by atoms with Crippen LogP contribution in [0.2, 0.25) is 5.02 Å². The number of halogens is 1. The standard InChI is InChI=1S/C14H19ClN4O/c1-14(2)7-20-5-4-10(14)17-11-6-9(15)12-13(18-11)19(3)8-16-12/h6,8,10H,4-5,7H2,1-3H3,(H,17,18). The number of imidazole rings is 1. The Kier molecular flexibility index (Phi) is 3.34. The quantitative estimate of drug-likeness (QED) is 0.925. The van der Waals surface area contributed by atoms with Crippen molar-refractivity contribution in [3.05, 3.63) is 17.4 Å². The summed E-state index contributed by atoms with van der Waals surface area (Å²) in [5, 5.41) is 4.13. The van der Waals surface area contributed by atoms with E-state index in [4.69, 9.17) is 16.3 Å². The van der Waals surface area contributed by atoms with Gasteiger partial charge in [0.25, 0.3) is 0 Å². The van der Waals surface area contributed by atoms with E-state index in [1.54, 1.807) is 6.33 Å². The molecule has 1 fully saturated rings. The van der Waals surface area contributed by atoms with E-state index in [0.29, 0.717) is 11.1 Å². The van der Waals surface area contributed by atoms with Gasteiger partial charge in [0.05, 0.1) is 18.0 Å². The molecule has 1 atom stereocenters. The Bertz CT molecular complexity index is 637. The van der Waals surface area contributed by atoms with E-state index in [1.807, 2.05) is 17.7 Å². The van der Waals surface area contributed by atoms with Gasteiger partial charge in [-0.1, -0.05) is 25.4 Å². The number of pyridine rings is 1. The third-order valence-electron chi connectivity index (χ3n) is 3.91. The summed E-state index contributed by atoms with van der Waals surface area (Å²) in [4.78, 5) is 8.87. The number of hydrogen-bond acceptors (Lipinski definition) is 4. The molecule has 3 heterocycles. The minimum Gasteiger partial charge on any atom is -0.381 e. The van der Waals surface area contributed by atoms with Gasteiger partial charge >= 0.3 is 0 Å². The van der Waals surface area contributed by atoms with Crippen molar-refractivity contribution in [3.8, 4) is 0 Å². The molecule has 2 aromatic rings. The van der Waals surface area contributed by atoms with E-state index >= 15 is 0 Å². The van der Waals surface area contributed by atoms with Gasteiger partial charge in [0.2, 0.25) is 0 Å². The van der Waals surface area contributed by atoms with E-state index in [1.165, 1.54) is 0 Å². The fraction of sp³-hybridized carbons (Fsp3) is 0.571. The molecule has 20 heavy (non-hydrogen) atoms. The molecule has 1 aliphatic heterocycles. The predicted molar refractivity (Wildman–Crippen MR) is 80.1 cm³/mol. The SMILES string of the molecule is Cn1cnc2c(Cl)cc(NC3CCOCC3(C)C)nc21. The molecular weight excluding hydrogens is 276 g/mol. The summed E-state index contributed by atoms with van der Waals surface area (Å²) in [5.41, 5.74) is 1.62. The third-order valence-corrected chi connectivity index (χ3v) is 4.20. The van der Waals surface area contributed by atoms with Gasteiger partial charge in [-0.25, -0.2) is 9.97 Å². The van der Waals surface area contributed by atoms with E-state index in [2.05, 4.69) is 29.1 Å². The molecule has 1 saturated heterocycles. The molecule has 1 N–H and O–H groups in total. The predicted octanol–water partition coefficient (Wildman–Crippen LogP) is 2.85. The second-order valence-corrected chi connectivity index (χ2v) is 6.45. The van der Waals surface area contributed by atoms with Crippen LogP contribution >= 0.6 is 11.6 Å². The Morgan fingerprint density at radius 2 is 2.30 bits per heavy atom. The highest BCUT2D eigenvalue weighted by Crippen LogP contribution is 2.31. The average molecular weight is 295 g/mol. The lowest BCUT2D eigenvalue weighted by molar-refractivity contribution is 0.00339. The summed E-state index contributed by atoms with van der Waals surface area (Å²) in [5.74, 6) is 0.797. The van der Waals surface area contributed by atoms with Crippen LogP contribution in [0.15, 0.2) is 12.4 Å². The van der Waals surface area contributed by atoms with Gasteiger partial charge in [-0.05, 0) is 6.42 Å². The van der Waals surface area contributed by atoms with Crippen molar-refractivity contribution in [2.45, 2.75) is 26.3 Å². The number of ether oxygens (including phenoxy) is 1. The van der Waals surface area contributed by atoms with Crippen LogP contribution in [-0.2, 0) is 11.8 Å². The van der Waals surface area contributed by atoms with Gasteiger partial charge in [-0.2, -0.15) is 0 Å². The Morgan fingerprint density at radius 1 is 1.50 bits per heavy atom. The van der Waals surface area contributed by atoms with Crippen LogP contribution in [0.1, 0.15) is 20.3 Å². The number of anilines is 1.